The van der Waals surface area contributed by atoms with Crippen molar-refractivity contribution in [2.75, 3.05) is 0 Å². The number of hydrogen-bond donors (Lipinski definition) is 1. The van der Waals surface area contributed by atoms with Crippen LogP contribution in [0, 0.1) is 6.92 Å². The van der Waals surface area contributed by atoms with Gasteiger partial charge < -0.3 is 5.11 Å². The quantitative estimate of drug-likeness (QED) is 0.768. The monoisotopic (exact) mass is 282 g/mol. The first-order valence-electron chi connectivity index (χ1n) is 6.43. The Morgan fingerprint density at radius 2 is 1.95 bits per heavy atom. The zero-order valence-corrected chi connectivity index (χ0v) is 11.9. The van der Waals surface area contributed by atoms with E-state index in [1.54, 1.807) is 17.4 Å². The summed E-state index contributed by atoms with van der Waals surface area (Å²) in [5.41, 5.74) is 3.55. The lowest BCUT2D eigenvalue weighted by Crippen LogP contribution is -2.03. The Labute approximate surface area is 121 Å². The van der Waals surface area contributed by atoms with Gasteiger partial charge in [-0.05, 0) is 47.4 Å². The summed E-state index contributed by atoms with van der Waals surface area (Å²) in [6.45, 7) is 1.99. The molecule has 1 heterocycles. The van der Waals surface area contributed by atoms with Crippen LogP contribution < -0.4 is 0 Å². The van der Waals surface area contributed by atoms with Crippen molar-refractivity contribution in [1.82, 2.24) is 0 Å². The topological polar surface area (TPSA) is 37.3 Å². The van der Waals surface area contributed by atoms with Crippen LogP contribution in [0.5, 0.6) is 0 Å². The number of carbonyl (C=O) groups is 1. The van der Waals surface area contributed by atoms with Crippen LogP contribution in [-0.4, -0.2) is 11.1 Å². The summed E-state index contributed by atoms with van der Waals surface area (Å²) in [7, 11) is 0. The van der Waals surface area contributed by atoms with Crippen LogP contribution in [0.3, 0.4) is 0 Å². The van der Waals surface area contributed by atoms with Gasteiger partial charge in [-0.15, -0.1) is 11.3 Å². The summed E-state index contributed by atoms with van der Waals surface area (Å²) in [5.74, 6) is -0.862. The van der Waals surface area contributed by atoms with Gasteiger partial charge in [-0.2, -0.15) is 0 Å². The lowest BCUT2D eigenvalue weighted by atomic mass is 9.97. The fourth-order valence-corrected chi connectivity index (χ4v) is 3.42. The molecule has 2 aromatic carbocycles. The van der Waals surface area contributed by atoms with Crippen LogP contribution in [-0.2, 0) is 6.42 Å². The zero-order valence-electron chi connectivity index (χ0n) is 11.1. The second kappa shape index (κ2) is 5.10. The average molecular weight is 282 g/mol. The Balaban J connectivity index is 2.07. The number of hydrogen-bond acceptors (Lipinski definition) is 2. The van der Waals surface area contributed by atoms with Crippen molar-refractivity contribution >= 4 is 27.4 Å². The van der Waals surface area contributed by atoms with Crippen LogP contribution in [0.4, 0.5) is 0 Å². The van der Waals surface area contributed by atoms with Gasteiger partial charge >= 0.3 is 5.97 Å². The molecule has 0 aliphatic carbocycles. The highest BCUT2D eigenvalue weighted by Gasteiger charge is 2.12. The highest BCUT2D eigenvalue weighted by molar-refractivity contribution is 7.17. The van der Waals surface area contributed by atoms with Crippen molar-refractivity contribution in [1.29, 1.82) is 0 Å². The van der Waals surface area contributed by atoms with E-state index in [2.05, 4.69) is 17.5 Å². The fourth-order valence-electron chi connectivity index (χ4n) is 2.45. The third-order valence-corrected chi connectivity index (χ3v) is 4.45. The molecule has 3 heteroatoms. The van der Waals surface area contributed by atoms with Gasteiger partial charge in [0.05, 0.1) is 5.56 Å². The maximum atomic E-state index is 11.3. The molecular weight excluding hydrogens is 268 g/mol. The summed E-state index contributed by atoms with van der Waals surface area (Å²) in [4.78, 5) is 11.3. The summed E-state index contributed by atoms with van der Waals surface area (Å²) in [5, 5.41) is 12.6. The molecule has 0 saturated carbocycles. The maximum Gasteiger partial charge on any atom is 0.335 e. The van der Waals surface area contributed by atoms with E-state index < -0.39 is 5.97 Å². The largest absolute Gasteiger partial charge is 0.478 e. The molecule has 0 atom stereocenters. The van der Waals surface area contributed by atoms with Gasteiger partial charge in [0.15, 0.2) is 0 Å². The van der Waals surface area contributed by atoms with E-state index in [1.165, 1.54) is 15.6 Å². The molecule has 100 valence electrons. The molecule has 0 unspecified atom stereocenters. The molecular formula is C17H14O2S. The third kappa shape index (κ3) is 2.32. The predicted molar refractivity (Wildman–Crippen MR) is 82.8 cm³/mol. The van der Waals surface area contributed by atoms with Crippen molar-refractivity contribution in [2.24, 2.45) is 0 Å². The molecule has 3 rings (SSSR count). The second-order valence-electron chi connectivity index (χ2n) is 4.90. The number of aromatic carboxylic acids is 1. The summed E-state index contributed by atoms with van der Waals surface area (Å²) >= 11 is 1.70. The van der Waals surface area contributed by atoms with Crippen LogP contribution in [0.15, 0.2) is 47.8 Å². The van der Waals surface area contributed by atoms with Crippen molar-refractivity contribution < 1.29 is 9.90 Å². The molecule has 1 N–H and O–H groups in total. The number of carboxylic acid groups (broad SMARTS) is 1. The predicted octanol–water partition coefficient (Wildman–Crippen LogP) is 4.50. The second-order valence-corrected chi connectivity index (χ2v) is 5.81. The molecule has 0 amide bonds. The highest BCUT2D eigenvalue weighted by atomic mass is 32.1. The smallest absolute Gasteiger partial charge is 0.335 e. The van der Waals surface area contributed by atoms with Gasteiger partial charge in [0.1, 0.15) is 0 Å². The first-order valence-corrected chi connectivity index (χ1v) is 7.31. The SMILES string of the molecule is Cc1ccc(C(=O)O)c(Cc2csc3ccccc23)c1. The lowest BCUT2D eigenvalue weighted by molar-refractivity contribution is 0.0696. The van der Waals surface area contributed by atoms with Crippen LogP contribution in [0.25, 0.3) is 10.1 Å². The highest BCUT2D eigenvalue weighted by Crippen LogP contribution is 2.28. The number of rotatable bonds is 3. The molecule has 0 fully saturated rings. The minimum Gasteiger partial charge on any atom is -0.478 e. The summed E-state index contributed by atoms with van der Waals surface area (Å²) < 4.78 is 1.24. The first kappa shape index (κ1) is 12.9. The van der Waals surface area contributed by atoms with E-state index >= 15 is 0 Å². The fraction of sp³-hybridized carbons (Fsp3) is 0.118. The van der Waals surface area contributed by atoms with E-state index in [-0.39, 0.29) is 0 Å². The Morgan fingerprint density at radius 3 is 2.75 bits per heavy atom. The molecule has 0 saturated heterocycles. The number of fused-ring (bicyclic) bond motifs is 1. The van der Waals surface area contributed by atoms with Crippen molar-refractivity contribution in [3.8, 4) is 0 Å². The van der Waals surface area contributed by atoms with Gasteiger partial charge in [-0.1, -0.05) is 35.9 Å². The van der Waals surface area contributed by atoms with Crippen LogP contribution >= 0.6 is 11.3 Å². The molecule has 1 aromatic heterocycles. The zero-order chi connectivity index (χ0) is 14.1. The van der Waals surface area contributed by atoms with E-state index in [1.807, 2.05) is 31.2 Å². The maximum absolute atomic E-state index is 11.3. The van der Waals surface area contributed by atoms with E-state index in [4.69, 9.17) is 0 Å². The van der Waals surface area contributed by atoms with Gasteiger partial charge in [-0.3, -0.25) is 0 Å². The van der Waals surface area contributed by atoms with E-state index in [9.17, 15) is 9.90 Å². The van der Waals surface area contributed by atoms with Gasteiger partial charge in [-0.25, -0.2) is 4.79 Å². The third-order valence-electron chi connectivity index (χ3n) is 3.43. The normalized spacial score (nSPS) is 10.8. The molecule has 0 radical (unpaired) electrons. The van der Waals surface area contributed by atoms with Crippen molar-refractivity contribution in [3.63, 3.8) is 0 Å². The molecule has 2 nitrogen and oxygen atoms in total. The molecule has 0 bridgehead atoms. The number of benzene rings is 2. The Hall–Kier alpha value is -2.13. The Morgan fingerprint density at radius 1 is 1.15 bits per heavy atom. The Bertz CT molecular complexity index is 787. The van der Waals surface area contributed by atoms with Crippen molar-refractivity contribution in [3.05, 3.63) is 70.1 Å². The lowest BCUT2D eigenvalue weighted by Gasteiger charge is -2.07. The first-order chi connectivity index (χ1) is 9.65. The molecule has 0 spiro atoms. The molecule has 3 aromatic rings. The Kier molecular flexibility index (Phi) is 3.28. The molecule has 0 aliphatic heterocycles. The van der Waals surface area contributed by atoms with Gasteiger partial charge in [0, 0.05) is 4.70 Å². The average Bonchev–Trinajstić information content (AvgIpc) is 2.82. The molecule has 0 aliphatic rings. The van der Waals surface area contributed by atoms with E-state index in [0.717, 1.165) is 11.1 Å². The standard InChI is InChI=1S/C17H14O2S/c1-11-6-7-15(17(18)19)12(8-11)9-13-10-20-16-5-3-2-4-14(13)16/h2-8,10H,9H2,1H3,(H,18,19). The minimum absolute atomic E-state index is 0.394. The van der Waals surface area contributed by atoms with Gasteiger partial charge in [0.2, 0.25) is 0 Å². The minimum atomic E-state index is -0.862. The van der Waals surface area contributed by atoms with E-state index in [0.29, 0.717) is 12.0 Å². The van der Waals surface area contributed by atoms with Gasteiger partial charge in [0.25, 0.3) is 0 Å². The molecule has 20 heavy (non-hydrogen) atoms. The van der Waals surface area contributed by atoms with Crippen LogP contribution in [0.1, 0.15) is 27.0 Å². The number of carboxylic acids is 1. The van der Waals surface area contributed by atoms with Crippen LogP contribution in [0.2, 0.25) is 0 Å². The summed E-state index contributed by atoms with van der Waals surface area (Å²) in [6, 6.07) is 13.7. The van der Waals surface area contributed by atoms with Crippen molar-refractivity contribution in [2.45, 2.75) is 13.3 Å². The number of aryl methyl sites for hydroxylation is 1. The number of thiophene rings is 1. The summed E-state index contributed by atoms with van der Waals surface area (Å²) in [6.07, 6.45) is 0.660.